The lowest BCUT2D eigenvalue weighted by Gasteiger charge is -2.40. The third-order valence-corrected chi connectivity index (χ3v) is 9.73. The van der Waals surface area contributed by atoms with Gasteiger partial charge in [0.25, 0.3) is 0 Å². The first-order valence-corrected chi connectivity index (χ1v) is 14.9. The number of piperidine rings is 1. The second kappa shape index (κ2) is 11.6. The molecule has 4 rings (SSSR count). The third kappa shape index (κ3) is 6.01. The van der Waals surface area contributed by atoms with Crippen molar-refractivity contribution in [2.24, 2.45) is 5.92 Å². The Bertz CT molecular complexity index is 1120. The normalized spacial score (nSPS) is 19.0. The smallest absolute Gasteiger partial charge is 0.243 e. The van der Waals surface area contributed by atoms with E-state index in [0.717, 1.165) is 36.7 Å². The fourth-order valence-electron chi connectivity index (χ4n) is 5.60. The first-order valence-electron chi connectivity index (χ1n) is 13.1. The first-order chi connectivity index (χ1) is 16.8. The maximum Gasteiger partial charge on any atom is 0.243 e. The minimum atomic E-state index is -3.61. The summed E-state index contributed by atoms with van der Waals surface area (Å²) >= 11 is 6.05. The first kappa shape index (κ1) is 26.4. The van der Waals surface area contributed by atoms with E-state index in [2.05, 4.69) is 18.7 Å². The highest BCUT2D eigenvalue weighted by Crippen LogP contribution is 2.27. The van der Waals surface area contributed by atoms with Crippen molar-refractivity contribution in [2.75, 3.05) is 39.3 Å². The standard InChI is InChI=1S/C27H38ClN3O3S/c1-3-5-25(6-4-2)29-13-11-21(12-14-29)27(32)30-15-17-31(18-16-30)35(33,34)26-10-8-22-19-24(28)9-7-23(22)20-26/h7-10,19-21,25H,3-6,11-18H2,1-2H3. The van der Waals surface area contributed by atoms with Crippen LogP contribution >= 0.6 is 11.6 Å². The summed E-state index contributed by atoms with van der Waals surface area (Å²) in [5.41, 5.74) is 0. The Labute approximate surface area is 215 Å². The molecule has 0 aromatic heterocycles. The summed E-state index contributed by atoms with van der Waals surface area (Å²) < 4.78 is 28.1. The van der Waals surface area contributed by atoms with Crippen molar-refractivity contribution in [3.8, 4) is 0 Å². The number of likely N-dealkylation sites (tertiary alicyclic amines) is 1. The highest BCUT2D eigenvalue weighted by molar-refractivity contribution is 7.89. The molecule has 6 nitrogen and oxygen atoms in total. The van der Waals surface area contributed by atoms with E-state index in [1.807, 2.05) is 17.0 Å². The van der Waals surface area contributed by atoms with Gasteiger partial charge in [0, 0.05) is 43.2 Å². The monoisotopic (exact) mass is 519 g/mol. The minimum absolute atomic E-state index is 0.0608. The molecule has 2 fully saturated rings. The average molecular weight is 520 g/mol. The van der Waals surface area contributed by atoms with Crippen molar-refractivity contribution < 1.29 is 13.2 Å². The van der Waals surface area contributed by atoms with E-state index in [4.69, 9.17) is 11.6 Å². The molecule has 1 amide bonds. The van der Waals surface area contributed by atoms with Crippen molar-refractivity contribution in [1.82, 2.24) is 14.1 Å². The number of nitrogens with zero attached hydrogens (tertiary/aromatic N) is 3. The van der Waals surface area contributed by atoms with Crippen LogP contribution in [0.25, 0.3) is 10.8 Å². The van der Waals surface area contributed by atoms with Crippen LogP contribution in [0, 0.1) is 5.92 Å². The van der Waals surface area contributed by atoms with Crippen molar-refractivity contribution in [3.05, 3.63) is 41.4 Å². The number of fused-ring (bicyclic) bond motifs is 1. The lowest BCUT2D eigenvalue weighted by Crippen LogP contribution is -2.53. The van der Waals surface area contributed by atoms with E-state index in [-0.39, 0.29) is 16.7 Å². The van der Waals surface area contributed by atoms with Crippen LogP contribution in [-0.2, 0) is 14.8 Å². The summed E-state index contributed by atoms with van der Waals surface area (Å²) in [5, 5.41) is 2.38. The molecule has 0 atom stereocenters. The van der Waals surface area contributed by atoms with Gasteiger partial charge in [0.2, 0.25) is 15.9 Å². The zero-order valence-corrected chi connectivity index (χ0v) is 22.5. The molecular weight excluding hydrogens is 482 g/mol. The lowest BCUT2D eigenvalue weighted by molar-refractivity contribution is -0.138. The highest BCUT2D eigenvalue weighted by atomic mass is 35.5. The van der Waals surface area contributed by atoms with Crippen LogP contribution in [-0.4, -0.2) is 73.7 Å². The van der Waals surface area contributed by atoms with Crippen LogP contribution in [0.2, 0.25) is 5.02 Å². The molecule has 0 radical (unpaired) electrons. The van der Waals surface area contributed by atoms with Crippen molar-refractivity contribution in [2.45, 2.75) is 63.3 Å². The third-order valence-electron chi connectivity index (χ3n) is 7.60. The number of halogens is 1. The molecule has 0 saturated carbocycles. The van der Waals surface area contributed by atoms with Crippen LogP contribution in [0.5, 0.6) is 0 Å². The number of amides is 1. The molecule has 35 heavy (non-hydrogen) atoms. The number of carbonyl (C=O) groups is 1. The Balaban J connectivity index is 1.33. The summed E-state index contributed by atoms with van der Waals surface area (Å²) in [6.07, 6.45) is 6.67. The number of benzene rings is 2. The van der Waals surface area contributed by atoms with Crippen LogP contribution in [0.1, 0.15) is 52.4 Å². The maximum atomic E-state index is 13.3. The van der Waals surface area contributed by atoms with E-state index in [0.29, 0.717) is 37.2 Å². The average Bonchev–Trinajstić information content (AvgIpc) is 2.88. The van der Waals surface area contributed by atoms with Gasteiger partial charge in [-0.25, -0.2) is 8.42 Å². The van der Waals surface area contributed by atoms with E-state index in [9.17, 15) is 13.2 Å². The summed E-state index contributed by atoms with van der Waals surface area (Å²) in [5.74, 6) is 0.262. The number of carbonyl (C=O) groups excluding carboxylic acids is 1. The van der Waals surface area contributed by atoms with Gasteiger partial charge in [-0.3, -0.25) is 4.79 Å². The Kier molecular flexibility index (Phi) is 8.74. The second-order valence-electron chi connectivity index (χ2n) is 9.92. The Hall–Kier alpha value is -1.67. The number of piperazine rings is 1. The van der Waals surface area contributed by atoms with Gasteiger partial charge in [0.1, 0.15) is 0 Å². The largest absolute Gasteiger partial charge is 0.340 e. The van der Waals surface area contributed by atoms with Gasteiger partial charge in [-0.1, -0.05) is 50.4 Å². The Morgan fingerprint density at radius 1 is 0.914 bits per heavy atom. The van der Waals surface area contributed by atoms with Gasteiger partial charge in [0.05, 0.1) is 4.90 Å². The van der Waals surface area contributed by atoms with Crippen LogP contribution < -0.4 is 0 Å². The second-order valence-corrected chi connectivity index (χ2v) is 12.3. The van der Waals surface area contributed by atoms with Crippen LogP contribution in [0.15, 0.2) is 41.3 Å². The molecule has 192 valence electrons. The van der Waals surface area contributed by atoms with Crippen LogP contribution in [0.3, 0.4) is 0 Å². The van der Waals surface area contributed by atoms with Gasteiger partial charge in [0.15, 0.2) is 0 Å². The van der Waals surface area contributed by atoms with Gasteiger partial charge in [-0.15, -0.1) is 0 Å². The molecule has 0 N–H and O–H groups in total. The molecule has 0 unspecified atom stereocenters. The SMILES string of the molecule is CCCC(CCC)N1CCC(C(=O)N2CCN(S(=O)(=O)c3ccc4cc(Cl)ccc4c3)CC2)CC1. The summed E-state index contributed by atoms with van der Waals surface area (Å²) in [7, 11) is -3.61. The zero-order chi connectivity index (χ0) is 25.0. The predicted octanol–water partition coefficient (Wildman–Crippen LogP) is 5.01. The molecule has 2 heterocycles. The van der Waals surface area contributed by atoms with Crippen LogP contribution in [0.4, 0.5) is 0 Å². The molecule has 2 saturated heterocycles. The summed E-state index contributed by atoms with van der Waals surface area (Å²) in [6.45, 7) is 8.04. The van der Waals surface area contributed by atoms with Gasteiger partial charge >= 0.3 is 0 Å². The van der Waals surface area contributed by atoms with E-state index in [1.54, 1.807) is 24.3 Å². The topological polar surface area (TPSA) is 60.9 Å². The van der Waals surface area contributed by atoms with Gasteiger partial charge in [-0.2, -0.15) is 4.31 Å². The number of hydrogen-bond donors (Lipinski definition) is 0. The van der Waals surface area contributed by atoms with Crippen molar-refractivity contribution in [3.63, 3.8) is 0 Å². The molecular formula is C27H38ClN3O3S. The number of rotatable bonds is 8. The highest BCUT2D eigenvalue weighted by Gasteiger charge is 2.34. The predicted molar refractivity (Wildman–Crippen MR) is 142 cm³/mol. The number of sulfonamides is 1. The van der Waals surface area contributed by atoms with E-state index >= 15 is 0 Å². The van der Waals surface area contributed by atoms with Gasteiger partial charge in [-0.05, 0) is 73.8 Å². The lowest BCUT2D eigenvalue weighted by atomic mass is 9.92. The maximum absolute atomic E-state index is 13.3. The molecule has 2 aromatic rings. The van der Waals surface area contributed by atoms with Crippen molar-refractivity contribution >= 4 is 38.3 Å². The fourth-order valence-corrected chi connectivity index (χ4v) is 7.24. The Morgan fingerprint density at radius 2 is 1.51 bits per heavy atom. The quantitative estimate of drug-likeness (QED) is 0.492. The molecule has 0 aliphatic carbocycles. The molecule has 0 spiro atoms. The summed E-state index contributed by atoms with van der Waals surface area (Å²) in [6, 6.07) is 11.2. The van der Waals surface area contributed by atoms with Crippen molar-refractivity contribution in [1.29, 1.82) is 0 Å². The Morgan fingerprint density at radius 3 is 2.14 bits per heavy atom. The number of hydrogen-bond acceptors (Lipinski definition) is 4. The molecule has 2 aromatic carbocycles. The zero-order valence-electron chi connectivity index (χ0n) is 21.0. The molecule has 2 aliphatic heterocycles. The van der Waals surface area contributed by atoms with Gasteiger partial charge < -0.3 is 9.80 Å². The molecule has 2 aliphatic rings. The van der Waals surface area contributed by atoms with E-state index < -0.39 is 10.0 Å². The summed E-state index contributed by atoms with van der Waals surface area (Å²) in [4.78, 5) is 18.0. The van der Waals surface area contributed by atoms with E-state index in [1.165, 1.54) is 30.0 Å². The molecule has 8 heteroatoms. The fraction of sp³-hybridized carbons (Fsp3) is 0.593. The minimum Gasteiger partial charge on any atom is -0.340 e. The molecule has 0 bridgehead atoms.